The zero-order valence-electron chi connectivity index (χ0n) is 10.4. The first-order valence-electron chi connectivity index (χ1n) is 4.50. The predicted octanol–water partition coefficient (Wildman–Crippen LogP) is -1.30. The van der Waals surface area contributed by atoms with Crippen LogP contribution < -0.4 is 40.8 Å². The molecule has 1 unspecified atom stereocenters. The number of hydrogen-bond donors (Lipinski definition) is 1. The quantitative estimate of drug-likeness (QED) is 0.686. The average Bonchev–Trinajstić information content (AvgIpc) is 2.14. The van der Waals surface area contributed by atoms with Crippen LogP contribution in [-0.2, 0) is 0 Å². The molecule has 15 heavy (non-hydrogen) atoms. The van der Waals surface area contributed by atoms with E-state index in [0.29, 0.717) is 10.2 Å². The summed E-state index contributed by atoms with van der Waals surface area (Å²) in [5.41, 5.74) is -0.0368. The van der Waals surface area contributed by atoms with Crippen molar-refractivity contribution in [2.24, 2.45) is 0 Å². The van der Waals surface area contributed by atoms with Crippen LogP contribution in [-0.4, -0.2) is 9.55 Å². The summed E-state index contributed by atoms with van der Waals surface area (Å²) in [4.78, 5) is 25.8. The number of nitrogens with zero attached hydrogens (tertiary/aromatic N) is 1. The maximum atomic E-state index is 11.7. The fraction of sp³-hybridized carbons (Fsp3) is 0.556. The normalized spacial score (nSPS) is 12.0. The molecule has 1 aromatic rings. The van der Waals surface area contributed by atoms with Gasteiger partial charge in [-0.2, -0.15) is 0 Å². The third-order valence-corrected chi connectivity index (χ3v) is 3.21. The van der Waals surface area contributed by atoms with E-state index >= 15 is 0 Å². The van der Waals surface area contributed by atoms with Gasteiger partial charge in [-0.05, 0) is 36.2 Å². The molecule has 1 aromatic heterocycles. The molecule has 1 atom stereocenters. The van der Waals surface area contributed by atoms with E-state index in [1.165, 1.54) is 4.57 Å². The summed E-state index contributed by atoms with van der Waals surface area (Å²) in [6.07, 6.45) is 0.748. The van der Waals surface area contributed by atoms with Crippen molar-refractivity contribution in [3.05, 3.63) is 31.0 Å². The largest absolute Gasteiger partial charge is 1.00 e. The summed E-state index contributed by atoms with van der Waals surface area (Å²) >= 11 is 3.16. The molecule has 0 aromatic carbocycles. The number of rotatable bonds is 2. The Morgan fingerprint density at radius 2 is 2.07 bits per heavy atom. The summed E-state index contributed by atoms with van der Waals surface area (Å²) in [6.45, 7) is 5.47. The van der Waals surface area contributed by atoms with Crippen LogP contribution in [0.15, 0.2) is 14.1 Å². The fourth-order valence-electron chi connectivity index (χ4n) is 1.22. The fourth-order valence-corrected chi connectivity index (χ4v) is 1.51. The van der Waals surface area contributed by atoms with Crippen LogP contribution >= 0.6 is 15.9 Å². The van der Waals surface area contributed by atoms with Crippen molar-refractivity contribution in [3.8, 4) is 0 Å². The van der Waals surface area contributed by atoms with Gasteiger partial charge in [-0.15, -0.1) is 0 Å². The van der Waals surface area contributed by atoms with Crippen molar-refractivity contribution in [2.75, 3.05) is 0 Å². The van der Waals surface area contributed by atoms with Crippen LogP contribution in [0.3, 0.4) is 0 Å². The minimum absolute atomic E-state index is 0. The molecule has 0 fully saturated rings. The Kier molecular flexibility index (Phi) is 6.10. The Bertz CT molecular complexity index is 458. The van der Waals surface area contributed by atoms with Crippen molar-refractivity contribution >= 4 is 15.9 Å². The maximum Gasteiger partial charge on any atom is 1.00 e. The number of H-pyrrole nitrogens is 1. The van der Waals surface area contributed by atoms with Gasteiger partial charge in [0.05, 0.1) is 0 Å². The third kappa shape index (κ3) is 3.06. The molecule has 80 valence electrons. The molecule has 0 aliphatic rings. The van der Waals surface area contributed by atoms with Gasteiger partial charge in [-0.1, -0.05) is 6.92 Å². The molecule has 4 nitrogen and oxygen atoms in total. The smallest absolute Gasteiger partial charge is 1.00 e. The standard InChI is InChI=1S/C9H13BrN2O2.Na.H/c1-4-5(2)12-8(13)7(10)6(3)11-9(12)14;;/h5H,4H2,1-3H3,(H,11,14);;/q;+1;-1. The number of aryl methyl sites for hydroxylation is 1. The molecule has 0 aliphatic heterocycles. The summed E-state index contributed by atoms with van der Waals surface area (Å²) in [5, 5.41) is 0. The van der Waals surface area contributed by atoms with Crippen molar-refractivity contribution < 1.29 is 31.0 Å². The number of aromatic amines is 1. The Balaban J connectivity index is 0. The molecule has 1 N–H and O–H groups in total. The summed E-state index contributed by atoms with van der Waals surface area (Å²) in [7, 11) is 0. The molecular weight excluding hydrogens is 271 g/mol. The van der Waals surface area contributed by atoms with Crippen molar-refractivity contribution in [1.29, 1.82) is 0 Å². The zero-order valence-corrected chi connectivity index (χ0v) is 13.0. The van der Waals surface area contributed by atoms with Crippen LogP contribution in [0.5, 0.6) is 0 Å². The van der Waals surface area contributed by atoms with Gasteiger partial charge in [-0.25, -0.2) is 4.79 Å². The molecule has 6 heteroatoms. The molecule has 0 bridgehead atoms. The van der Waals surface area contributed by atoms with Gasteiger partial charge in [0, 0.05) is 11.7 Å². The van der Waals surface area contributed by atoms with E-state index in [1.807, 2.05) is 13.8 Å². The second kappa shape index (κ2) is 6.03. The maximum absolute atomic E-state index is 11.7. The van der Waals surface area contributed by atoms with Gasteiger partial charge in [0.2, 0.25) is 0 Å². The number of halogens is 1. The van der Waals surface area contributed by atoms with Crippen molar-refractivity contribution in [3.63, 3.8) is 0 Å². The van der Waals surface area contributed by atoms with Gasteiger partial charge >= 0.3 is 35.2 Å². The van der Waals surface area contributed by atoms with Crippen molar-refractivity contribution in [1.82, 2.24) is 9.55 Å². The minimum Gasteiger partial charge on any atom is -1.00 e. The van der Waals surface area contributed by atoms with Crippen LogP contribution in [0.25, 0.3) is 0 Å². The first-order chi connectivity index (χ1) is 6.49. The van der Waals surface area contributed by atoms with E-state index in [9.17, 15) is 9.59 Å². The monoisotopic (exact) mass is 284 g/mol. The predicted molar refractivity (Wildman–Crippen MR) is 59.9 cm³/mol. The molecule has 0 saturated carbocycles. The van der Waals surface area contributed by atoms with E-state index < -0.39 is 0 Å². The van der Waals surface area contributed by atoms with Gasteiger partial charge < -0.3 is 6.41 Å². The van der Waals surface area contributed by atoms with Crippen LogP contribution in [0.1, 0.15) is 33.4 Å². The van der Waals surface area contributed by atoms with E-state index in [0.717, 1.165) is 6.42 Å². The number of hydrogen-bond acceptors (Lipinski definition) is 2. The van der Waals surface area contributed by atoms with Crippen LogP contribution in [0.2, 0.25) is 0 Å². The Morgan fingerprint density at radius 3 is 2.53 bits per heavy atom. The second-order valence-corrected chi connectivity index (χ2v) is 4.09. The molecule has 0 aliphatic carbocycles. The van der Waals surface area contributed by atoms with E-state index in [-0.39, 0.29) is 48.3 Å². The minimum atomic E-state index is -0.343. The summed E-state index contributed by atoms with van der Waals surface area (Å²) in [5.74, 6) is 0. The Hall–Kier alpha value is 0.160. The third-order valence-electron chi connectivity index (χ3n) is 2.28. The van der Waals surface area contributed by atoms with Crippen molar-refractivity contribution in [2.45, 2.75) is 33.2 Å². The van der Waals surface area contributed by atoms with E-state index in [4.69, 9.17) is 0 Å². The summed E-state index contributed by atoms with van der Waals surface area (Å²) in [6, 6.07) is -0.0804. The molecular formula is C9H14BrN2NaO2. The zero-order chi connectivity index (χ0) is 10.9. The molecule has 0 radical (unpaired) electrons. The summed E-state index contributed by atoms with van der Waals surface area (Å²) < 4.78 is 1.66. The van der Waals surface area contributed by atoms with Gasteiger partial charge in [0.25, 0.3) is 5.56 Å². The Labute approximate surface area is 120 Å². The van der Waals surface area contributed by atoms with E-state index in [2.05, 4.69) is 20.9 Å². The first kappa shape index (κ1) is 15.2. The number of nitrogens with one attached hydrogen (secondary N) is 1. The van der Waals surface area contributed by atoms with Gasteiger partial charge in [-0.3, -0.25) is 9.36 Å². The number of aromatic nitrogens is 2. The van der Waals surface area contributed by atoms with Crippen LogP contribution in [0, 0.1) is 6.92 Å². The molecule has 0 saturated heterocycles. The average molecular weight is 285 g/mol. The first-order valence-corrected chi connectivity index (χ1v) is 5.29. The molecule has 0 amide bonds. The van der Waals surface area contributed by atoms with Gasteiger partial charge in [0.15, 0.2) is 0 Å². The van der Waals surface area contributed by atoms with Crippen LogP contribution in [0.4, 0.5) is 0 Å². The molecule has 1 heterocycles. The molecule has 0 spiro atoms. The second-order valence-electron chi connectivity index (χ2n) is 3.30. The Morgan fingerprint density at radius 1 is 1.53 bits per heavy atom. The topological polar surface area (TPSA) is 54.9 Å². The SMILES string of the molecule is CCC(C)n1c(=O)[nH]c(C)c(Br)c1=O.[H-].[Na+]. The van der Waals surface area contributed by atoms with Gasteiger partial charge in [0.1, 0.15) is 4.47 Å². The molecule has 1 rings (SSSR count). The van der Waals surface area contributed by atoms with E-state index in [1.54, 1.807) is 6.92 Å².